The fourth-order valence-corrected chi connectivity index (χ4v) is 4.60. The third-order valence-electron chi connectivity index (χ3n) is 5.31. The average molecular weight is 375 g/mol. The van der Waals surface area contributed by atoms with Crippen molar-refractivity contribution in [1.29, 1.82) is 5.41 Å². The molecule has 1 aliphatic carbocycles. The van der Waals surface area contributed by atoms with Gasteiger partial charge in [-0.25, -0.2) is 4.98 Å². The van der Waals surface area contributed by atoms with Gasteiger partial charge in [0, 0.05) is 33.3 Å². The summed E-state index contributed by atoms with van der Waals surface area (Å²) in [6.45, 7) is 3.67. The van der Waals surface area contributed by atoms with E-state index in [4.69, 9.17) is 16.1 Å². The van der Waals surface area contributed by atoms with E-state index in [0.717, 1.165) is 64.0 Å². The Kier molecular flexibility index (Phi) is 4.70. The molecular weight excluding hydrogens is 352 g/mol. The lowest BCUT2D eigenvalue weighted by Crippen LogP contribution is -2.09. The molecule has 4 rings (SSSR count). The van der Waals surface area contributed by atoms with E-state index in [-0.39, 0.29) is 0 Å². The van der Waals surface area contributed by atoms with Crippen LogP contribution in [0.3, 0.4) is 0 Å². The number of aromatic nitrogens is 1. The number of rotatable bonds is 4. The fourth-order valence-electron chi connectivity index (χ4n) is 4.01. The molecule has 0 saturated carbocycles. The van der Waals surface area contributed by atoms with Crippen molar-refractivity contribution in [2.24, 2.45) is 4.99 Å². The zero-order chi connectivity index (χ0) is 19.0. The predicted octanol–water partition coefficient (Wildman–Crippen LogP) is 5.41. The number of nitrogens with two attached hydrogens (primary N) is 1. The molecule has 1 aliphatic rings. The Hall–Kier alpha value is -2.66. The molecule has 0 atom stereocenters. The maximum atomic E-state index is 7.85. The van der Waals surface area contributed by atoms with Crippen LogP contribution in [-0.4, -0.2) is 24.2 Å². The van der Waals surface area contributed by atoms with Crippen LogP contribution in [0.5, 0.6) is 0 Å². The summed E-state index contributed by atoms with van der Waals surface area (Å²) in [5.74, 6) is 0. The van der Waals surface area contributed by atoms with Crippen LogP contribution < -0.4 is 5.73 Å². The van der Waals surface area contributed by atoms with Gasteiger partial charge in [0.1, 0.15) is 0 Å². The molecule has 3 aromatic rings. The molecule has 3 N–H and O–H groups in total. The van der Waals surface area contributed by atoms with Gasteiger partial charge in [0.25, 0.3) is 0 Å². The SMILES string of the molecule is C=Nc1ccc(-c2nc3ccc(N)c(C=N)c3c3c2CCCC3)cc1SC. The van der Waals surface area contributed by atoms with E-state index < -0.39 is 0 Å². The number of nitrogens with zero attached hydrogens (tertiary/aromatic N) is 2. The maximum Gasteiger partial charge on any atom is 0.0758 e. The van der Waals surface area contributed by atoms with Crippen LogP contribution in [-0.2, 0) is 12.8 Å². The summed E-state index contributed by atoms with van der Waals surface area (Å²) in [5.41, 5.74) is 14.2. The molecular formula is C22H22N4S. The van der Waals surface area contributed by atoms with Crippen molar-refractivity contribution in [3.63, 3.8) is 0 Å². The van der Waals surface area contributed by atoms with E-state index in [0.29, 0.717) is 5.69 Å². The number of benzene rings is 2. The number of aryl methyl sites for hydroxylation is 1. The predicted molar refractivity (Wildman–Crippen MR) is 117 cm³/mol. The summed E-state index contributed by atoms with van der Waals surface area (Å²) in [5, 5.41) is 8.90. The molecule has 1 aromatic heterocycles. The van der Waals surface area contributed by atoms with E-state index in [1.54, 1.807) is 11.8 Å². The Bertz CT molecular complexity index is 1070. The highest BCUT2D eigenvalue weighted by Crippen LogP contribution is 2.39. The van der Waals surface area contributed by atoms with Crippen LogP contribution >= 0.6 is 11.8 Å². The maximum absolute atomic E-state index is 7.85. The lowest BCUT2D eigenvalue weighted by Gasteiger charge is -2.23. The minimum absolute atomic E-state index is 0.644. The number of thioether (sulfide) groups is 1. The highest BCUT2D eigenvalue weighted by molar-refractivity contribution is 7.98. The Morgan fingerprint density at radius 3 is 2.67 bits per heavy atom. The van der Waals surface area contributed by atoms with Crippen molar-refractivity contribution in [3.05, 3.63) is 47.0 Å². The third-order valence-corrected chi connectivity index (χ3v) is 6.08. The first kappa shape index (κ1) is 17.7. The van der Waals surface area contributed by atoms with Crippen LogP contribution in [0, 0.1) is 5.41 Å². The second-order valence-corrected chi connectivity index (χ2v) is 7.62. The Labute approximate surface area is 163 Å². The smallest absolute Gasteiger partial charge is 0.0758 e. The van der Waals surface area contributed by atoms with Gasteiger partial charge in [-0.2, -0.15) is 0 Å². The lowest BCUT2D eigenvalue weighted by atomic mass is 9.85. The van der Waals surface area contributed by atoms with Crippen molar-refractivity contribution in [2.45, 2.75) is 30.6 Å². The quantitative estimate of drug-likeness (QED) is 0.364. The summed E-state index contributed by atoms with van der Waals surface area (Å²) in [4.78, 5) is 10.2. The number of fused-ring (bicyclic) bond motifs is 3. The molecule has 0 radical (unpaired) electrons. The Morgan fingerprint density at radius 2 is 1.96 bits per heavy atom. The number of pyridine rings is 1. The monoisotopic (exact) mass is 374 g/mol. The molecule has 27 heavy (non-hydrogen) atoms. The molecule has 4 nitrogen and oxygen atoms in total. The summed E-state index contributed by atoms with van der Waals surface area (Å²) < 4.78 is 0. The first-order valence-corrected chi connectivity index (χ1v) is 10.3. The number of nitrogen functional groups attached to an aromatic ring is 1. The number of anilines is 1. The second kappa shape index (κ2) is 7.16. The van der Waals surface area contributed by atoms with Gasteiger partial charge in [0.05, 0.1) is 16.9 Å². The Morgan fingerprint density at radius 1 is 1.19 bits per heavy atom. The van der Waals surface area contributed by atoms with Crippen LogP contribution in [0.1, 0.15) is 29.5 Å². The molecule has 0 bridgehead atoms. The fraction of sp³-hybridized carbons (Fsp3) is 0.227. The molecule has 0 spiro atoms. The molecule has 136 valence electrons. The van der Waals surface area contributed by atoms with E-state index in [1.165, 1.54) is 17.3 Å². The standard InChI is InChI=1S/C22H22N4S/c1-25-18-9-7-13(11-20(18)27-2)22-15-6-4-3-5-14(15)21-16(12-23)17(24)8-10-19(21)26-22/h7-12,23H,1,3-6,24H2,2H3. The van der Waals surface area contributed by atoms with Crippen LogP contribution in [0.25, 0.3) is 22.2 Å². The average Bonchev–Trinajstić information content (AvgIpc) is 2.72. The van der Waals surface area contributed by atoms with Gasteiger partial charge in [0.2, 0.25) is 0 Å². The van der Waals surface area contributed by atoms with Crippen molar-refractivity contribution < 1.29 is 0 Å². The zero-order valence-electron chi connectivity index (χ0n) is 15.4. The largest absolute Gasteiger partial charge is 0.398 e. The summed E-state index contributed by atoms with van der Waals surface area (Å²) in [7, 11) is 0. The minimum atomic E-state index is 0.644. The Balaban J connectivity index is 2.04. The van der Waals surface area contributed by atoms with Gasteiger partial charge >= 0.3 is 0 Å². The van der Waals surface area contributed by atoms with Crippen molar-refractivity contribution >= 4 is 47.0 Å². The number of nitrogens with one attached hydrogen (secondary N) is 1. The van der Waals surface area contributed by atoms with Gasteiger partial charge in [-0.1, -0.05) is 6.07 Å². The molecule has 0 fully saturated rings. The molecule has 1 heterocycles. The molecule has 0 saturated heterocycles. The third kappa shape index (κ3) is 2.92. The van der Waals surface area contributed by atoms with Gasteiger partial charge in [-0.05, 0) is 74.0 Å². The van der Waals surface area contributed by atoms with Gasteiger partial charge in [-0.15, -0.1) is 11.8 Å². The van der Waals surface area contributed by atoms with Crippen molar-refractivity contribution in [3.8, 4) is 11.3 Å². The van der Waals surface area contributed by atoms with Gasteiger partial charge in [-0.3, -0.25) is 4.99 Å². The zero-order valence-corrected chi connectivity index (χ0v) is 16.2. The topological polar surface area (TPSA) is 75.1 Å². The number of hydrogen-bond donors (Lipinski definition) is 2. The minimum Gasteiger partial charge on any atom is -0.398 e. The van der Waals surface area contributed by atoms with Gasteiger partial charge in [0.15, 0.2) is 0 Å². The van der Waals surface area contributed by atoms with Crippen LogP contribution in [0.15, 0.2) is 40.2 Å². The summed E-state index contributed by atoms with van der Waals surface area (Å²) >= 11 is 1.67. The lowest BCUT2D eigenvalue weighted by molar-refractivity contribution is 0.689. The van der Waals surface area contributed by atoms with Gasteiger partial charge < -0.3 is 11.1 Å². The van der Waals surface area contributed by atoms with Crippen LogP contribution in [0.2, 0.25) is 0 Å². The summed E-state index contributed by atoms with van der Waals surface area (Å²) in [6.07, 6.45) is 7.76. The number of hydrogen-bond acceptors (Lipinski definition) is 5. The molecule has 0 aliphatic heterocycles. The normalized spacial score (nSPS) is 13.4. The molecule has 0 amide bonds. The molecule has 2 aromatic carbocycles. The van der Waals surface area contributed by atoms with E-state index in [2.05, 4.69) is 30.1 Å². The highest BCUT2D eigenvalue weighted by Gasteiger charge is 2.22. The highest BCUT2D eigenvalue weighted by atomic mass is 32.2. The first-order valence-electron chi connectivity index (χ1n) is 9.07. The van der Waals surface area contributed by atoms with E-state index in [1.807, 2.05) is 18.2 Å². The van der Waals surface area contributed by atoms with E-state index >= 15 is 0 Å². The first-order chi connectivity index (χ1) is 13.2. The molecule has 0 unspecified atom stereocenters. The van der Waals surface area contributed by atoms with Crippen molar-refractivity contribution in [2.75, 3.05) is 12.0 Å². The molecule has 5 heteroatoms. The van der Waals surface area contributed by atoms with Crippen molar-refractivity contribution in [1.82, 2.24) is 4.98 Å². The number of aliphatic imine (C=N–C) groups is 1. The van der Waals surface area contributed by atoms with E-state index in [9.17, 15) is 0 Å². The van der Waals surface area contributed by atoms with Crippen LogP contribution in [0.4, 0.5) is 11.4 Å². The second-order valence-electron chi connectivity index (χ2n) is 6.78. The summed E-state index contributed by atoms with van der Waals surface area (Å²) in [6, 6.07) is 10.1.